The van der Waals surface area contributed by atoms with Crippen LogP contribution in [0.2, 0.25) is 4.34 Å². The highest BCUT2D eigenvalue weighted by molar-refractivity contribution is 7.17. The fourth-order valence-electron chi connectivity index (χ4n) is 2.77. The van der Waals surface area contributed by atoms with Crippen molar-refractivity contribution < 1.29 is 4.79 Å². The summed E-state index contributed by atoms with van der Waals surface area (Å²) in [7, 11) is 0. The summed E-state index contributed by atoms with van der Waals surface area (Å²) in [4.78, 5) is 15.0. The number of amides is 1. The lowest BCUT2D eigenvalue weighted by molar-refractivity contribution is 0.0955. The molecule has 3 nitrogen and oxygen atoms in total. The van der Waals surface area contributed by atoms with Crippen LogP contribution in [0.4, 0.5) is 0 Å². The van der Waals surface area contributed by atoms with Gasteiger partial charge in [-0.1, -0.05) is 35.9 Å². The number of rotatable bonds is 5. The van der Waals surface area contributed by atoms with Gasteiger partial charge in [0.05, 0.1) is 9.21 Å². The molecule has 1 aromatic heterocycles. The van der Waals surface area contributed by atoms with E-state index in [1.807, 2.05) is 0 Å². The summed E-state index contributed by atoms with van der Waals surface area (Å²) in [6, 6.07) is 12.2. The van der Waals surface area contributed by atoms with Crippen LogP contribution in [0.5, 0.6) is 0 Å². The Labute approximate surface area is 139 Å². The van der Waals surface area contributed by atoms with E-state index < -0.39 is 0 Å². The Morgan fingerprint density at radius 2 is 2.05 bits per heavy atom. The quantitative estimate of drug-likeness (QED) is 0.848. The lowest BCUT2D eigenvalue weighted by Gasteiger charge is -2.28. The van der Waals surface area contributed by atoms with E-state index in [2.05, 4.69) is 34.5 Å². The summed E-state index contributed by atoms with van der Waals surface area (Å²) >= 11 is 7.16. The van der Waals surface area contributed by atoms with Crippen LogP contribution in [0.3, 0.4) is 0 Å². The van der Waals surface area contributed by atoms with E-state index >= 15 is 0 Å². The summed E-state index contributed by atoms with van der Waals surface area (Å²) in [5.41, 5.74) is 2.91. The van der Waals surface area contributed by atoms with Crippen molar-refractivity contribution in [2.75, 3.05) is 19.6 Å². The third-order valence-electron chi connectivity index (χ3n) is 3.94. The molecule has 0 atom stereocenters. The Balaban J connectivity index is 1.40. The molecular weight excluding hydrogens is 316 g/mol. The molecule has 0 saturated heterocycles. The minimum absolute atomic E-state index is 0.0270. The van der Waals surface area contributed by atoms with Crippen molar-refractivity contribution >= 4 is 28.8 Å². The first kappa shape index (κ1) is 15.5. The molecular formula is C17H19ClN2OS. The zero-order chi connectivity index (χ0) is 15.4. The van der Waals surface area contributed by atoms with Gasteiger partial charge in [0.2, 0.25) is 0 Å². The van der Waals surface area contributed by atoms with Crippen LogP contribution in [0, 0.1) is 0 Å². The van der Waals surface area contributed by atoms with Gasteiger partial charge in [0, 0.05) is 26.2 Å². The van der Waals surface area contributed by atoms with E-state index in [1.165, 1.54) is 22.5 Å². The highest BCUT2D eigenvalue weighted by Crippen LogP contribution is 2.21. The standard InChI is InChI=1S/C17H19ClN2OS/c18-16-7-6-15(22-16)17(21)19-9-3-10-20-11-8-13-4-1-2-5-14(13)12-20/h1-2,4-7H,3,8-12H2,(H,19,21). The van der Waals surface area contributed by atoms with Gasteiger partial charge >= 0.3 is 0 Å². The molecule has 3 rings (SSSR count). The number of nitrogens with zero attached hydrogens (tertiary/aromatic N) is 1. The highest BCUT2D eigenvalue weighted by Gasteiger charge is 2.15. The first-order chi connectivity index (χ1) is 10.7. The average molecular weight is 335 g/mol. The zero-order valence-electron chi connectivity index (χ0n) is 12.3. The van der Waals surface area contributed by atoms with Crippen LogP contribution in [0.1, 0.15) is 27.2 Å². The SMILES string of the molecule is O=C(NCCCN1CCc2ccccc2C1)c1ccc(Cl)s1. The van der Waals surface area contributed by atoms with Crippen LogP contribution >= 0.6 is 22.9 Å². The maximum Gasteiger partial charge on any atom is 0.261 e. The normalized spacial score (nSPS) is 14.6. The molecule has 0 spiro atoms. The maximum absolute atomic E-state index is 11.9. The van der Waals surface area contributed by atoms with E-state index in [1.54, 1.807) is 12.1 Å². The first-order valence-corrected chi connectivity index (χ1v) is 8.74. The topological polar surface area (TPSA) is 32.3 Å². The van der Waals surface area contributed by atoms with E-state index in [4.69, 9.17) is 11.6 Å². The fourth-order valence-corrected chi connectivity index (χ4v) is 3.73. The molecule has 2 aromatic rings. The molecule has 1 aliphatic heterocycles. The molecule has 116 valence electrons. The van der Waals surface area contributed by atoms with E-state index in [0.717, 1.165) is 32.5 Å². The largest absolute Gasteiger partial charge is 0.351 e. The number of benzene rings is 1. The van der Waals surface area contributed by atoms with Crippen molar-refractivity contribution in [1.82, 2.24) is 10.2 Å². The van der Waals surface area contributed by atoms with E-state index in [9.17, 15) is 4.79 Å². The molecule has 0 aliphatic carbocycles. The van der Waals surface area contributed by atoms with Crippen LogP contribution in [-0.4, -0.2) is 30.4 Å². The minimum atomic E-state index is -0.0270. The third-order valence-corrected chi connectivity index (χ3v) is 5.17. The first-order valence-electron chi connectivity index (χ1n) is 7.55. The molecule has 0 saturated carbocycles. The predicted molar refractivity (Wildman–Crippen MR) is 91.7 cm³/mol. The van der Waals surface area contributed by atoms with Gasteiger partial charge in [-0.05, 0) is 36.1 Å². The zero-order valence-corrected chi connectivity index (χ0v) is 13.9. The number of carbonyl (C=O) groups is 1. The second-order valence-electron chi connectivity index (χ2n) is 5.51. The number of thiophene rings is 1. The van der Waals surface area contributed by atoms with E-state index in [-0.39, 0.29) is 5.91 Å². The van der Waals surface area contributed by atoms with Gasteiger partial charge in [-0.3, -0.25) is 9.69 Å². The number of carbonyl (C=O) groups excluding carboxylic acids is 1. The number of hydrogen-bond donors (Lipinski definition) is 1. The minimum Gasteiger partial charge on any atom is -0.351 e. The number of fused-ring (bicyclic) bond motifs is 1. The molecule has 0 fully saturated rings. The third kappa shape index (κ3) is 3.88. The molecule has 1 aromatic carbocycles. The Hall–Kier alpha value is -1.36. The Morgan fingerprint density at radius 1 is 1.23 bits per heavy atom. The molecule has 0 radical (unpaired) electrons. The van der Waals surface area contributed by atoms with Crippen molar-refractivity contribution in [3.05, 3.63) is 56.7 Å². The Bertz CT molecular complexity index is 656. The van der Waals surface area contributed by atoms with Gasteiger partial charge in [-0.2, -0.15) is 0 Å². The van der Waals surface area contributed by atoms with Gasteiger partial charge < -0.3 is 5.32 Å². The van der Waals surface area contributed by atoms with Gasteiger partial charge in [0.1, 0.15) is 0 Å². The maximum atomic E-state index is 11.9. The Kier molecular flexibility index (Phi) is 5.13. The predicted octanol–water partition coefficient (Wildman–Crippen LogP) is 3.58. The van der Waals surface area contributed by atoms with Gasteiger partial charge in [0.25, 0.3) is 5.91 Å². The van der Waals surface area contributed by atoms with Crippen LogP contribution in [-0.2, 0) is 13.0 Å². The molecule has 5 heteroatoms. The molecule has 1 aliphatic rings. The lowest BCUT2D eigenvalue weighted by atomic mass is 10.00. The van der Waals surface area contributed by atoms with Crippen molar-refractivity contribution in [2.24, 2.45) is 0 Å². The van der Waals surface area contributed by atoms with Gasteiger partial charge in [0.15, 0.2) is 0 Å². The number of halogens is 1. The molecule has 2 heterocycles. The van der Waals surface area contributed by atoms with Crippen molar-refractivity contribution in [3.63, 3.8) is 0 Å². The fraction of sp³-hybridized carbons (Fsp3) is 0.353. The van der Waals surface area contributed by atoms with Crippen molar-refractivity contribution in [1.29, 1.82) is 0 Å². The number of hydrogen-bond acceptors (Lipinski definition) is 3. The van der Waals surface area contributed by atoms with Gasteiger partial charge in [-0.15, -0.1) is 11.3 Å². The highest BCUT2D eigenvalue weighted by atomic mass is 35.5. The van der Waals surface area contributed by atoms with Gasteiger partial charge in [-0.25, -0.2) is 0 Å². The van der Waals surface area contributed by atoms with E-state index in [0.29, 0.717) is 15.8 Å². The smallest absolute Gasteiger partial charge is 0.261 e. The molecule has 0 unspecified atom stereocenters. The second kappa shape index (κ2) is 7.27. The second-order valence-corrected chi connectivity index (χ2v) is 7.22. The lowest BCUT2D eigenvalue weighted by Crippen LogP contribution is -2.33. The van der Waals surface area contributed by atoms with Crippen LogP contribution in [0.15, 0.2) is 36.4 Å². The Morgan fingerprint density at radius 3 is 2.82 bits per heavy atom. The summed E-state index contributed by atoms with van der Waals surface area (Å²) < 4.78 is 0.650. The molecule has 1 amide bonds. The number of nitrogens with one attached hydrogen (secondary N) is 1. The average Bonchev–Trinajstić information content (AvgIpc) is 2.98. The van der Waals surface area contributed by atoms with Crippen LogP contribution < -0.4 is 5.32 Å². The summed E-state index contributed by atoms with van der Waals surface area (Å²) in [6.45, 7) is 3.84. The monoisotopic (exact) mass is 334 g/mol. The molecule has 0 bridgehead atoms. The summed E-state index contributed by atoms with van der Waals surface area (Å²) in [5, 5.41) is 2.96. The molecule has 22 heavy (non-hydrogen) atoms. The van der Waals surface area contributed by atoms with Crippen molar-refractivity contribution in [3.8, 4) is 0 Å². The van der Waals surface area contributed by atoms with Crippen LogP contribution in [0.25, 0.3) is 0 Å². The van der Waals surface area contributed by atoms with Crippen molar-refractivity contribution in [2.45, 2.75) is 19.4 Å². The molecule has 1 N–H and O–H groups in total. The summed E-state index contributed by atoms with van der Waals surface area (Å²) in [6.07, 6.45) is 2.09. The summed E-state index contributed by atoms with van der Waals surface area (Å²) in [5.74, 6) is -0.0270.